The Labute approximate surface area is 81.8 Å². The van der Waals surface area contributed by atoms with Crippen molar-refractivity contribution in [1.82, 2.24) is 9.88 Å². The zero-order chi connectivity index (χ0) is 10.6. The Morgan fingerprint density at radius 1 is 1.43 bits per heavy atom. The van der Waals surface area contributed by atoms with Crippen LogP contribution in [0.15, 0.2) is 12.3 Å². The molecule has 0 unspecified atom stereocenters. The maximum atomic E-state index is 13.0. The number of anilines is 1. The maximum Gasteiger partial charge on any atom is 0.168 e. The van der Waals surface area contributed by atoms with E-state index in [1.54, 1.807) is 0 Å². The number of nitrogens with one attached hydrogen (secondary N) is 1. The Balaban J connectivity index is 2.51. The molecule has 0 aliphatic heterocycles. The standard InChI is InChI=1S/C9H13F2N3/c1-14(2)4-3-12-9-8(11)5-7(10)6-13-9/h5-6H,3-4H2,1-2H3,(H,12,13). The quantitative estimate of drug-likeness (QED) is 0.796. The van der Waals surface area contributed by atoms with E-state index < -0.39 is 11.6 Å². The van der Waals surface area contributed by atoms with Gasteiger partial charge in [-0.3, -0.25) is 0 Å². The third kappa shape index (κ3) is 3.26. The van der Waals surface area contributed by atoms with E-state index in [-0.39, 0.29) is 5.82 Å². The molecular weight excluding hydrogens is 188 g/mol. The zero-order valence-electron chi connectivity index (χ0n) is 8.22. The molecule has 0 bridgehead atoms. The van der Waals surface area contributed by atoms with E-state index in [1.807, 2.05) is 19.0 Å². The lowest BCUT2D eigenvalue weighted by atomic mass is 10.4. The lowest BCUT2D eigenvalue weighted by Crippen LogP contribution is -2.21. The van der Waals surface area contributed by atoms with Crippen LogP contribution in [0.1, 0.15) is 0 Å². The van der Waals surface area contributed by atoms with Gasteiger partial charge in [-0.15, -0.1) is 0 Å². The number of pyridine rings is 1. The molecule has 1 rings (SSSR count). The number of nitrogens with zero attached hydrogens (tertiary/aromatic N) is 2. The molecule has 0 amide bonds. The Morgan fingerprint density at radius 2 is 2.14 bits per heavy atom. The van der Waals surface area contributed by atoms with Crippen molar-refractivity contribution >= 4 is 5.82 Å². The highest BCUT2D eigenvalue weighted by molar-refractivity contribution is 5.35. The van der Waals surface area contributed by atoms with Crippen molar-refractivity contribution in [2.24, 2.45) is 0 Å². The van der Waals surface area contributed by atoms with E-state index in [0.717, 1.165) is 18.8 Å². The lowest BCUT2D eigenvalue weighted by Gasteiger charge is -2.10. The molecule has 1 N–H and O–H groups in total. The van der Waals surface area contributed by atoms with Crippen LogP contribution >= 0.6 is 0 Å². The highest BCUT2D eigenvalue weighted by Gasteiger charge is 2.03. The molecule has 0 fully saturated rings. The Bertz CT molecular complexity index is 302. The minimum atomic E-state index is -0.666. The van der Waals surface area contributed by atoms with Crippen LogP contribution in [0.3, 0.4) is 0 Å². The van der Waals surface area contributed by atoms with Crippen molar-refractivity contribution in [3.05, 3.63) is 23.9 Å². The highest BCUT2D eigenvalue weighted by Crippen LogP contribution is 2.10. The first kappa shape index (κ1) is 10.8. The van der Waals surface area contributed by atoms with Gasteiger partial charge in [0.05, 0.1) is 6.20 Å². The van der Waals surface area contributed by atoms with E-state index in [0.29, 0.717) is 6.54 Å². The van der Waals surface area contributed by atoms with Crippen molar-refractivity contribution in [2.75, 3.05) is 32.5 Å². The molecule has 78 valence electrons. The minimum absolute atomic E-state index is 0.0910. The molecule has 5 heteroatoms. The van der Waals surface area contributed by atoms with Crippen LogP contribution in [-0.2, 0) is 0 Å². The fourth-order valence-electron chi connectivity index (χ4n) is 0.943. The number of likely N-dealkylation sites (N-methyl/N-ethyl adjacent to an activating group) is 1. The Kier molecular flexibility index (Phi) is 3.76. The molecule has 0 aromatic carbocycles. The molecule has 0 atom stereocenters. The summed E-state index contributed by atoms with van der Waals surface area (Å²) in [5.41, 5.74) is 0. The summed E-state index contributed by atoms with van der Waals surface area (Å²) in [6.07, 6.45) is 0.987. The number of hydrogen-bond donors (Lipinski definition) is 1. The summed E-state index contributed by atoms with van der Waals surface area (Å²) < 4.78 is 25.5. The topological polar surface area (TPSA) is 28.2 Å². The van der Waals surface area contributed by atoms with Gasteiger partial charge in [-0.2, -0.15) is 0 Å². The third-order valence-electron chi connectivity index (χ3n) is 1.66. The van der Waals surface area contributed by atoms with Crippen LogP contribution in [0, 0.1) is 11.6 Å². The first-order chi connectivity index (χ1) is 6.59. The highest BCUT2D eigenvalue weighted by atomic mass is 19.1. The maximum absolute atomic E-state index is 13.0. The van der Waals surface area contributed by atoms with Gasteiger partial charge in [0.2, 0.25) is 0 Å². The van der Waals surface area contributed by atoms with Crippen LogP contribution in [0.4, 0.5) is 14.6 Å². The number of rotatable bonds is 4. The molecule has 1 heterocycles. The van der Waals surface area contributed by atoms with E-state index in [2.05, 4.69) is 10.3 Å². The number of halogens is 2. The van der Waals surface area contributed by atoms with Crippen molar-refractivity contribution in [2.45, 2.75) is 0 Å². The second-order valence-corrected chi connectivity index (χ2v) is 3.21. The number of aromatic nitrogens is 1. The van der Waals surface area contributed by atoms with Gasteiger partial charge < -0.3 is 10.2 Å². The van der Waals surface area contributed by atoms with Gasteiger partial charge in [0, 0.05) is 19.2 Å². The average molecular weight is 201 g/mol. The van der Waals surface area contributed by atoms with Gasteiger partial charge in [0.25, 0.3) is 0 Å². The second-order valence-electron chi connectivity index (χ2n) is 3.21. The zero-order valence-corrected chi connectivity index (χ0v) is 8.22. The summed E-state index contributed by atoms with van der Waals surface area (Å²) in [6, 6.07) is 0.811. The molecule has 1 aromatic heterocycles. The molecule has 0 radical (unpaired) electrons. The molecule has 3 nitrogen and oxygen atoms in total. The summed E-state index contributed by atoms with van der Waals surface area (Å²) in [6.45, 7) is 1.33. The molecule has 0 saturated heterocycles. The smallest absolute Gasteiger partial charge is 0.168 e. The summed E-state index contributed by atoms with van der Waals surface area (Å²) in [5.74, 6) is -1.24. The fourth-order valence-corrected chi connectivity index (χ4v) is 0.943. The first-order valence-corrected chi connectivity index (χ1v) is 4.29. The molecular formula is C9H13F2N3. The SMILES string of the molecule is CN(C)CCNc1ncc(F)cc1F. The predicted molar refractivity (Wildman–Crippen MR) is 51.2 cm³/mol. The largest absolute Gasteiger partial charge is 0.366 e. The summed E-state index contributed by atoms with van der Waals surface area (Å²) in [4.78, 5) is 5.55. The average Bonchev–Trinajstić information content (AvgIpc) is 2.08. The van der Waals surface area contributed by atoms with Gasteiger partial charge in [0.15, 0.2) is 11.6 Å². The van der Waals surface area contributed by atoms with Crippen molar-refractivity contribution in [3.8, 4) is 0 Å². The third-order valence-corrected chi connectivity index (χ3v) is 1.66. The normalized spacial score (nSPS) is 10.6. The van der Waals surface area contributed by atoms with Crippen LogP contribution in [0.5, 0.6) is 0 Å². The summed E-state index contributed by atoms with van der Waals surface area (Å²) >= 11 is 0. The lowest BCUT2D eigenvalue weighted by molar-refractivity contribution is 0.424. The molecule has 14 heavy (non-hydrogen) atoms. The first-order valence-electron chi connectivity index (χ1n) is 4.29. The molecule has 0 aliphatic rings. The van der Waals surface area contributed by atoms with Crippen LogP contribution in [0.25, 0.3) is 0 Å². The van der Waals surface area contributed by atoms with Crippen LogP contribution < -0.4 is 5.32 Å². The van der Waals surface area contributed by atoms with Gasteiger partial charge in [-0.1, -0.05) is 0 Å². The summed E-state index contributed by atoms with van der Waals surface area (Å²) in [7, 11) is 3.83. The molecule has 0 spiro atoms. The van der Waals surface area contributed by atoms with E-state index in [9.17, 15) is 8.78 Å². The van der Waals surface area contributed by atoms with E-state index >= 15 is 0 Å². The molecule has 0 saturated carbocycles. The van der Waals surface area contributed by atoms with E-state index in [4.69, 9.17) is 0 Å². The van der Waals surface area contributed by atoms with Crippen molar-refractivity contribution in [3.63, 3.8) is 0 Å². The van der Waals surface area contributed by atoms with Gasteiger partial charge in [0.1, 0.15) is 5.82 Å². The minimum Gasteiger partial charge on any atom is -0.366 e. The van der Waals surface area contributed by atoms with Crippen molar-refractivity contribution < 1.29 is 8.78 Å². The van der Waals surface area contributed by atoms with Crippen molar-refractivity contribution in [1.29, 1.82) is 0 Å². The van der Waals surface area contributed by atoms with Gasteiger partial charge in [-0.25, -0.2) is 13.8 Å². The Morgan fingerprint density at radius 3 is 2.71 bits per heavy atom. The van der Waals surface area contributed by atoms with Gasteiger partial charge in [-0.05, 0) is 14.1 Å². The summed E-state index contributed by atoms with van der Waals surface area (Å²) in [5, 5.41) is 2.78. The Hall–Kier alpha value is -1.23. The van der Waals surface area contributed by atoms with Crippen LogP contribution in [0.2, 0.25) is 0 Å². The van der Waals surface area contributed by atoms with Crippen LogP contribution in [-0.4, -0.2) is 37.1 Å². The van der Waals surface area contributed by atoms with E-state index in [1.165, 1.54) is 0 Å². The second kappa shape index (κ2) is 4.85. The molecule has 0 aliphatic carbocycles. The molecule has 1 aromatic rings. The fraction of sp³-hybridized carbons (Fsp3) is 0.444. The predicted octanol–water partition coefficient (Wildman–Crippen LogP) is 1.33. The van der Waals surface area contributed by atoms with Gasteiger partial charge >= 0.3 is 0 Å². The number of hydrogen-bond acceptors (Lipinski definition) is 3. The monoisotopic (exact) mass is 201 g/mol.